The van der Waals surface area contributed by atoms with Gasteiger partial charge in [-0.25, -0.2) is 4.98 Å². The molecule has 2 nitrogen and oxygen atoms in total. The van der Waals surface area contributed by atoms with Crippen LogP contribution in [0.1, 0.15) is 19.4 Å². The Kier molecular flexibility index (Phi) is 3.31. The molecule has 0 aliphatic heterocycles. The monoisotopic (exact) mass is 264 g/mol. The third kappa shape index (κ3) is 2.34. The third-order valence-electron chi connectivity index (χ3n) is 3.48. The second-order valence-corrected chi connectivity index (χ2v) is 5.80. The van der Waals surface area contributed by atoms with Crippen molar-refractivity contribution in [2.45, 2.75) is 27.3 Å². The number of rotatable bonds is 3. The summed E-state index contributed by atoms with van der Waals surface area (Å²) in [6.45, 7) is 7.59. The number of benzene rings is 2. The molecule has 0 saturated heterocycles. The van der Waals surface area contributed by atoms with Gasteiger partial charge in [0.15, 0.2) is 0 Å². The minimum atomic E-state index is 0.594. The molecular weight excluding hydrogens is 244 g/mol. The molecule has 1 heterocycles. The van der Waals surface area contributed by atoms with E-state index in [4.69, 9.17) is 4.98 Å². The fourth-order valence-corrected chi connectivity index (χ4v) is 2.60. The van der Waals surface area contributed by atoms with Crippen molar-refractivity contribution >= 4 is 11.0 Å². The zero-order chi connectivity index (χ0) is 14.1. The Labute approximate surface area is 120 Å². The molecule has 0 amide bonds. The largest absolute Gasteiger partial charge is 0.324 e. The van der Waals surface area contributed by atoms with Gasteiger partial charge in [-0.15, -0.1) is 0 Å². The lowest BCUT2D eigenvalue weighted by atomic mass is 10.2. The van der Waals surface area contributed by atoms with Gasteiger partial charge in [0.25, 0.3) is 0 Å². The summed E-state index contributed by atoms with van der Waals surface area (Å²) in [7, 11) is 0. The van der Waals surface area contributed by atoms with E-state index in [9.17, 15) is 0 Å². The van der Waals surface area contributed by atoms with Crippen LogP contribution < -0.4 is 0 Å². The number of imidazole rings is 1. The van der Waals surface area contributed by atoms with Crippen LogP contribution in [0.5, 0.6) is 0 Å². The first kappa shape index (κ1) is 12.9. The van der Waals surface area contributed by atoms with E-state index in [1.165, 1.54) is 16.6 Å². The predicted octanol–water partition coefficient (Wildman–Crippen LogP) is 4.67. The molecule has 2 aromatic carbocycles. The Balaban J connectivity index is 2.24. The standard InChI is InChI=1S/C18H20N2/c1-13(2)12-20-17-10-9-14(3)11-16(17)19-18(20)15-7-5-4-6-8-15/h4-11,13H,12H2,1-3H3. The van der Waals surface area contributed by atoms with Gasteiger partial charge in [-0.2, -0.15) is 0 Å². The second kappa shape index (κ2) is 5.12. The van der Waals surface area contributed by atoms with Crippen LogP contribution >= 0.6 is 0 Å². The SMILES string of the molecule is Cc1ccc2c(c1)nc(-c1ccccc1)n2CC(C)C. The van der Waals surface area contributed by atoms with Crippen LogP contribution in [0.4, 0.5) is 0 Å². The molecule has 0 fully saturated rings. The van der Waals surface area contributed by atoms with E-state index >= 15 is 0 Å². The summed E-state index contributed by atoms with van der Waals surface area (Å²) in [5, 5.41) is 0. The van der Waals surface area contributed by atoms with Gasteiger partial charge in [0, 0.05) is 12.1 Å². The number of hydrogen-bond acceptors (Lipinski definition) is 1. The van der Waals surface area contributed by atoms with Crippen LogP contribution in [0.2, 0.25) is 0 Å². The van der Waals surface area contributed by atoms with Crippen molar-refractivity contribution in [1.29, 1.82) is 0 Å². The molecule has 0 saturated carbocycles. The summed E-state index contributed by atoms with van der Waals surface area (Å²) in [4.78, 5) is 4.86. The fourth-order valence-electron chi connectivity index (χ4n) is 2.60. The average molecular weight is 264 g/mol. The van der Waals surface area contributed by atoms with Gasteiger partial charge in [0.1, 0.15) is 5.82 Å². The highest BCUT2D eigenvalue weighted by Crippen LogP contribution is 2.26. The van der Waals surface area contributed by atoms with Crippen LogP contribution in [0.15, 0.2) is 48.5 Å². The normalized spacial score (nSPS) is 11.4. The molecule has 0 atom stereocenters. The number of aryl methyl sites for hydroxylation is 1. The quantitative estimate of drug-likeness (QED) is 0.672. The summed E-state index contributed by atoms with van der Waals surface area (Å²) in [6, 6.07) is 17.0. The Morgan fingerprint density at radius 1 is 1.05 bits per heavy atom. The molecule has 3 aromatic rings. The zero-order valence-electron chi connectivity index (χ0n) is 12.3. The first-order chi connectivity index (χ1) is 9.65. The topological polar surface area (TPSA) is 17.8 Å². The molecule has 20 heavy (non-hydrogen) atoms. The van der Waals surface area contributed by atoms with Crippen molar-refractivity contribution in [1.82, 2.24) is 9.55 Å². The molecule has 2 heteroatoms. The van der Waals surface area contributed by atoms with E-state index < -0.39 is 0 Å². The molecular formula is C18H20N2. The molecule has 0 aliphatic carbocycles. The predicted molar refractivity (Wildman–Crippen MR) is 84.7 cm³/mol. The lowest BCUT2D eigenvalue weighted by Crippen LogP contribution is -2.06. The number of hydrogen-bond donors (Lipinski definition) is 0. The maximum atomic E-state index is 4.86. The Morgan fingerprint density at radius 3 is 2.50 bits per heavy atom. The molecule has 0 bridgehead atoms. The molecule has 0 aliphatic rings. The molecule has 0 radical (unpaired) electrons. The van der Waals surface area contributed by atoms with Gasteiger partial charge in [0.2, 0.25) is 0 Å². The lowest BCUT2D eigenvalue weighted by Gasteiger charge is -2.11. The van der Waals surface area contributed by atoms with Crippen LogP contribution in [0.3, 0.4) is 0 Å². The van der Waals surface area contributed by atoms with E-state index in [1.54, 1.807) is 0 Å². The van der Waals surface area contributed by atoms with E-state index in [1.807, 2.05) is 6.07 Å². The smallest absolute Gasteiger partial charge is 0.141 e. The van der Waals surface area contributed by atoms with Gasteiger partial charge in [-0.1, -0.05) is 50.2 Å². The summed E-state index contributed by atoms with van der Waals surface area (Å²) >= 11 is 0. The van der Waals surface area contributed by atoms with Crippen LogP contribution in [0.25, 0.3) is 22.4 Å². The lowest BCUT2D eigenvalue weighted by molar-refractivity contribution is 0.536. The van der Waals surface area contributed by atoms with Crippen LogP contribution in [0, 0.1) is 12.8 Å². The third-order valence-corrected chi connectivity index (χ3v) is 3.48. The van der Waals surface area contributed by atoms with Gasteiger partial charge in [-0.3, -0.25) is 0 Å². The van der Waals surface area contributed by atoms with Crippen LogP contribution in [-0.2, 0) is 6.54 Å². The van der Waals surface area contributed by atoms with Gasteiger partial charge >= 0.3 is 0 Å². The molecule has 1 aromatic heterocycles. The molecule has 102 valence electrons. The summed E-state index contributed by atoms with van der Waals surface area (Å²) < 4.78 is 2.34. The van der Waals surface area contributed by atoms with E-state index in [0.29, 0.717) is 5.92 Å². The summed E-state index contributed by atoms with van der Waals surface area (Å²) in [5.74, 6) is 1.66. The first-order valence-electron chi connectivity index (χ1n) is 7.17. The average Bonchev–Trinajstić information content (AvgIpc) is 2.77. The van der Waals surface area contributed by atoms with Gasteiger partial charge in [-0.05, 0) is 30.5 Å². The minimum absolute atomic E-state index is 0.594. The maximum Gasteiger partial charge on any atom is 0.141 e. The van der Waals surface area contributed by atoms with Crippen molar-refractivity contribution in [3.63, 3.8) is 0 Å². The first-order valence-corrected chi connectivity index (χ1v) is 7.17. The minimum Gasteiger partial charge on any atom is -0.324 e. The zero-order valence-corrected chi connectivity index (χ0v) is 12.3. The van der Waals surface area contributed by atoms with E-state index in [2.05, 4.69) is 67.8 Å². The van der Waals surface area contributed by atoms with Crippen molar-refractivity contribution < 1.29 is 0 Å². The maximum absolute atomic E-state index is 4.86. The van der Waals surface area contributed by atoms with Crippen LogP contribution in [-0.4, -0.2) is 9.55 Å². The number of aromatic nitrogens is 2. The van der Waals surface area contributed by atoms with E-state index in [-0.39, 0.29) is 0 Å². The molecule has 3 rings (SSSR count). The van der Waals surface area contributed by atoms with Crippen molar-refractivity contribution in [2.75, 3.05) is 0 Å². The van der Waals surface area contributed by atoms with Gasteiger partial charge in [0.05, 0.1) is 11.0 Å². The summed E-state index contributed by atoms with van der Waals surface area (Å²) in [5.41, 5.74) is 4.75. The highest BCUT2D eigenvalue weighted by atomic mass is 15.1. The highest BCUT2D eigenvalue weighted by Gasteiger charge is 2.13. The molecule has 0 spiro atoms. The fraction of sp³-hybridized carbons (Fsp3) is 0.278. The Hall–Kier alpha value is -2.09. The Morgan fingerprint density at radius 2 is 1.80 bits per heavy atom. The summed E-state index contributed by atoms with van der Waals surface area (Å²) in [6.07, 6.45) is 0. The van der Waals surface area contributed by atoms with Crippen molar-refractivity contribution in [3.8, 4) is 11.4 Å². The molecule has 0 unspecified atom stereocenters. The van der Waals surface area contributed by atoms with E-state index in [0.717, 1.165) is 17.9 Å². The Bertz CT molecular complexity index is 724. The highest BCUT2D eigenvalue weighted by molar-refractivity contribution is 5.81. The molecule has 0 N–H and O–H groups in total. The second-order valence-electron chi connectivity index (χ2n) is 5.80. The van der Waals surface area contributed by atoms with Crippen molar-refractivity contribution in [3.05, 3.63) is 54.1 Å². The number of fused-ring (bicyclic) bond motifs is 1. The van der Waals surface area contributed by atoms with Gasteiger partial charge < -0.3 is 4.57 Å². The number of nitrogens with zero attached hydrogens (tertiary/aromatic N) is 2. The van der Waals surface area contributed by atoms with Crippen molar-refractivity contribution in [2.24, 2.45) is 5.92 Å².